The molecule has 1 aromatic heterocycles. The normalized spacial score (nSPS) is 11.8. The first kappa shape index (κ1) is 13.1. The third-order valence-electron chi connectivity index (χ3n) is 1.96. The van der Waals surface area contributed by atoms with Crippen LogP contribution in [0.25, 0.3) is 11.4 Å². The lowest BCUT2D eigenvalue weighted by atomic mass is 10.2. The Morgan fingerprint density at radius 3 is 2.28 bits per heavy atom. The summed E-state index contributed by atoms with van der Waals surface area (Å²) in [6.07, 6.45) is 0. The molecular weight excluding hydrogens is 334 g/mol. The number of sulfonamides is 1. The Kier molecular flexibility index (Phi) is 3.17. The van der Waals surface area contributed by atoms with Gasteiger partial charge in [0.25, 0.3) is 15.2 Å². The second kappa shape index (κ2) is 4.37. The molecule has 0 bridgehead atoms. The molecule has 10 heteroatoms. The van der Waals surface area contributed by atoms with Crippen LogP contribution in [0.1, 0.15) is 0 Å². The van der Waals surface area contributed by atoms with Crippen molar-refractivity contribution >= 4 is 26.0 Å². The molecule has 0 aliphatic carbocycles. The van der Waals surface area contributed by atoms with Gasteiger partial charge in [0.15, 0.2) is 5.82 Å². The van der Waals surface area contributed by atoms with E-state index in [1.165, 1.54) is 0 Å². The minimum absolute atomic E-state index is 0.198. The number of nitrogens with one attached hydrogen (secondary N) is 1. The monoisotopic (exact) mass is 338 g/mol. The Hall–Kier alpha value is -1.39. The molecule has 96 valence electrons. The molecule has 2 aromatic rings. The average molecular weight is 339 g/mol. The van der Waals surface area contributed by atoms with Gasteiger partial charge in [0.1, 0.15) is 11.6 Å². The highest BCUT2D eigenvalue weighted by molar-refractivity contribution is 9.10. The molecule has 6 nitrogen and oxygen atoms in total. The largest absolute Gasteiger partial charge is 0.273 e. The number of rotatable bonds is 2. The molecular formula is C8H5BrF2N4O2S. The van der Waals surface area contributed by atoms with E-state index in [4.69, 9.17) is 5.14 Å². The molecule has 0 atom stereocenters. The van der Waals surface area contributed by atoms with Crippen LogP contribution in [0.4, 0.5) is 8.78 Å². The van der Waals surface area contributed by atoms with E-state index in [0.717, 1.165) is 12.1 Å². The zero-order valence-corrected chi connectivity index (χ0v) is 10.9. The molecule has 1 heterocycles. The van der Waals surface area contributed by atoms with Crippen molar-refractivity contribution in [2.45, 2.75) is 5.16 Å². The lowest BCUT2D eigenvalue weighted by molar-refractivity contribution is 0.584. The Bertz CT molecular complexity index is 693. The van der Waals surface area contributed by atoms with Crippen LogP contribution in [0, 0.1) is 11.6 Å². The number of primary sulfonamides is 1. The van der Waals surface area contributed by atoms with Crippen molar-refractivity contribution in [3.05, 3.63) is 28.2 Å². The lowest BCUT2D eigenvalue weighted by Gasteiger charge is -2.00. The van der Waals surface area contributed by atoms with E-state index in [2.05, 4.69) is 26.0 Å². The van der Waals surface area contributed by atoms with Gasteiger partial charge in [-0.05, 0) is 12.1 Å². The first-order chi connectivity index (χ1) is 8.29. The highest BCUT2D eigenvalue weighted by Gasteiger charge is 2.20. The van der Waals surface area contributed by atoms with E-state index in [-0.39, 0.29) is 4.47 Å². The van der Waals surface area contributed by atoms with Gasteiger partial charge >= 0.3 is 0 Å². The van der Waals surface area contributed by atoms with Gasteiger partial charge in [-0.1, -0.05) is 15.9 Å². The van der Waals surface area contributed by atoms with E-state index < -0.39 is 38.2 Å². The summed E-state index contributed by atoms with van der Waals surface area (Å²) in [5.41, 5.74) is -0.538. The fourth-order valence-corrected chi connectivity index (χ4v) is 2.03. The predicted molar refractivity (Wildman–Crippen MR) is 60.8 cm³/mol. The summed E-state index contributed by atoms with van der Waals surface area (Å²) in [5.74, 6) is -2.29. The second-order valence-electron chi connectivity index (χ2n) is 3.25. The van der Waals surface area contributed by atoms with Gasteiger partial charge in [0, 0.05) is 4.47 Å². The van der Waals surface area contributed by atoms with E-state index in [0.29, 0.717) is 0 Å². The molecule has 0 fully saturated rings. The molecule has 1 aromatic carbocycles. The number of aromatic nitrogens is 3. The zero-order chi connectivity index (χ0) is 13.5. The number of nitrogens with zero attached hydrogens (tertiary/aromatic N) is 2. The highest BCUT2D eigenvalue weighted by atomic mass is 79.9. The molecule has 3 N–H and O–H groups in total. The van der Waals surface area contributed by atoms with Crippen LogP contribution < -0.4 is 5.14 Å². The quantitative estimate of drug-likeness (QED) is 0.857. The SMILES string of the molecule is NS(=O)(=O)c1nc(-c2c(F)cc(Br)cc2F)n[nH]1. The average Bonchev–Trinajstić information content (AvgIpc) is 2.64. The number of aromatic amines is 1. The Morgan fingerprint density at radius 1 is 1.28 bits per heavy atom. The van der Waals surface area contributed by atoms with Gasteiger partial charge in [-0.2, -0.15) is 10.1 Å². The van der Waals surface area contributed by atoms with Crippen LogP contribution in [0.3, 0.4) is 0 Å². The minimum Gasteiger partial charge on any atom is -0.248 e. The Labute approximate surface area is 108 Å². The van der Waals surface area contributed by atoms with E-state index >= 15 is 0 Å². The van der Waals surface area contributed by atoms with Crippen LogP contribution >= 0.6 is 15.9 Å². The standard InChI is InChI=1S/C8H5BrF2N4O2S/c9-3-1-4(10)6(5(11)2-3)7-13-8(15-14-7)18(12,16)17/h1-2H,(H2,12,16,17)(H,13,14,15). The summed E-state index contributed by atoms with van der Waals surface area (Å²) < 4.78 is 49.2. The van der Waals surface area contributed by atoms with Crippen molar-refractivity contribution in [3.8, 4) is 11.4 Å². The number of nitrogens with two attached hydrogens (primary N) is 1. The molecule has 0 aliphatic rings. The number of H-pyrrole nitrogens is 1. The summed E-state index contributed by atoms with van der Waals surface area (Å²) in [4.78, 5) is 3.43. The fourth-order valence-electron chi connectivity index (χ4n) is 1.24. The summed E-state index contributed by atoms with van der Waals surface area (Å²) in [7, 11) is -4.11. The summed E-state index contributed by atoms with van der Waals surface area (Å²) in [5, 5.41) is 9.53. The number of benzene rings is 1. The van der Waals surface area contributed by atoms with Gasteiger partial charge in [-0.15, -0.1) is 0 Å². The van der Waals surface area contributed by atoms with Gasteiger partial charge in [-0.3, -0.25) is 0 Å². The van der Waals surface area contributed by atoms with Crippen molar-refractivity contribution in [2.75, 3.05) is 0 Å². The van der Waals surface area contributed by atoms with Crippen molar-refractivity contribution in [3.63, 3.8) is 0 Å². The molecule has 0 amide bonds. The van der Waals surface area contributed by atoms with Gasteiger partial charge < -0.3 is 0 Å². The van der Waals surface area contributed by atoms with E-state index in [1.54, 1.807) is 0 Å². The Morgan fingerprint density at radius 2 is 1.83 bits per heavy atom. The molecule has 0 saturated carbocycles. The van der Waals surface area contributed by atoms with Crippen LogP contribution in [0.2, 0.25) is 0 Å². The molecule has 0 aliphatic heterocycles. The molecule has 0 spiro atoms. The second-order valence-corrected chi connectivity index (χ2v) is 5.65. The molecule has 18 heavy (non-hydrogen) atoms. The maximum atomic E-state index is 13.6. The third kappa shape index (κ3) is 2.40. The number of hydrogen-bond donors (Lipinski definition) is 2. The smallest absolute Gasteiger partial charge is 0.248 e. The van der Waals surface area contributed by atoms with Crippen molar-refractivity contribution in [2.24, 2.45) is 5.14 Å². The topological polar surface area (TPSA) is 102 Å². The summed E-state index contributed by atoms with van der Waals surface area (Å²) in [6.45, 7) is 0. The molecule has 2 rings (SSSR count). The van der Waals surface area contributed by atoms with Gasteiger partial charge in [0.2, 0.25) is 0 Å². The minimum atomic E-state index is -4.11. The maximum Gasteiger partial charge on any atom is 0.273 e. The summed E-state index contributed by atoms with van der Waals surface area (Å²) in [6, 6.07) is 2.01. The first-order valence-electron chi connectivity index (χ1n) is 4.39. The van der Waals surface area contributed by atoms with Gasteiger partial charge in [-0.25, -0.2) is 27.4 Å². The van der Waals surface area contributed by atoms with Crippen LogP contribution in [0.5, 0.6) is 0 Å². The van der Waals surface area contributed by atoms with Crippen LogP contribution in [-0.4, -0.2) is 23.6 Å². The zero-order valence-electron chi connectivity index (χ0n) is 8.49. The molecule has 0 saturated heterocycles. The van der Waals surface area contributed by atoms with Crippen molar-refractivity contribution in [1.82, 2.24) is 15.2 Å². The highest BCUT2D eigenvalue weighted by Crippen LogP contribution is 2.26. The van der Waals surface area contributed by atoms with Crippen molar-refractivity contribution in [1.29, 1.82) is 0 Å². The number of halogens is 3. The predicted octanol–water partition coefficient (Wildman–Crippen LogP) is 1.16. The first-order valence-corrected chi connectivity index (χ1v) is 6.73. The number of hydrogen-bond acceptors (Lipinski definition) is 4. The lowest BCUT2D eigenvalue weighted by Crippen LogP contribution is -2.13. The van der Waals surface area contributed by atoms with Crippen LogP contribution in [-0.2, 0) is 10.0 Å². The van der Waals surface area contributed by atoms with Crippen LogP contribution in [0.15, 0.2) is 21.8 Å². The molecule has 0 radical (unpaired) electrons. The molecule has 0 unspecified atom stereocenters. The summed E-state index contributed by atoms with van der Waals surface area (Å²) >= 11 is 2.91. The van der Waals surface area contributed by atoms with E-state index in [1.807, 2.05) is 5.10 Å². The Balaban J connectivity index is 2.60. The van der Waals surface area contributed by atoms with E-state index in [9.17, 15) is 17.2 Å². The van der Waals surface area contributed by atoms with Gasteiger partial charge in [0.05, 0.1) is 5.56 Å². The maximum absolute atomic E-state index is 13.6. The third-order valence-corrected chi connectivity index (χ3v) is 3.14. The fraction of sp³-hybridized carbons (Fsp3) is 0. The van der Waals surface area contributed by atoms with Crippen molar-refractivity contribution < 1.29 is 17.2 Å².